The van der Waals surface area contributed by atoms with Gasteiger partial charge in [0, 0.05) is 31.7 Å². The monoisotopic (exact) mass is 286 g/mol. The van der Waals surface area contributed by atoms with Crippen molar-refractivity contribution in [2.24, 2.45) is 5.41 Å². The molecule has 0 radical (unpaired) electrons. The molecule has 1 heterocycles. The summed E-state index contributed by atoms with van der Waals surface area (Å²) >= 11 is 0. The average Bonchev–Trinajstić information content (AvgIpc) is 2.22. The lowest BCUT2D eigenvalue weighted by molar-refractivity contribution is -0.153. The molecule has 0 aromatic heterocycles. The molecule has 0 amide bonds. The number of hydrogen-bond donors (Lipinski definition) is 2. The van der Waals surface area contributed by atoms with E-state index in [4.69, 9.17) is 4.74 Å². The Labute approximate surface area is 124 Å². The van der Waals surface area contributed by atoms with Crippen molar-refractivity contribution in [3.63, 3.8) is 0 Å². The van der Waals surface area contributed by atoms with E-state index in [-0.39, 0.29) is 29.3 Å². The second-order valence-electron chi connectivity index (χ2n) is 8.62. The summed E-state index contributed by atoms with van der Waals surface area (Å²) in [4.78, 5) is 2.43. The van der Waals surface area contributed by atoms with Crippen LogP contribution in [-0.2, 0) is 4.74 Å². The lowest BCUT2D eigenvalue weighted by atomic mass is 9.90. The van der Waals surface area contributed by atoms with Crippen LogP contribution in [0, 0.1) is 5.41 Å². The highest BCUT2D eigenvalue weighted by molar-refractivity contribution is 4.88. The van der Waals surface area contributed by atoms with Crippen LogP contribution in [0.15, 0.2) is 0 Å². The van der Waals surface area contributed by atoms with Crippen LogP contribution < -0.4 is 5.32 Å². The SMILES string of the molecule is CC(C)(CNC(C)(C)C)CN1CC(CO)OC(C)(C)C1. The highest BCUT2D eigenvalue weighted by atomic mass is 16.5. The number of nitrogens with one attached hydrogen (secondary N) is 1. The number of aliphatic hydroxyl groups excluding tert-OH is 1. The Balaban J connectivity index is 2.57. The molecule has 1 unspecified atom stereocenters. The Morgan fingerprint density at radius 2 is 1.85 bits per heavy atom. The Morgan fingerprint density at radius 3 is 2.35 bits per heavy atom. The van der Waals surface area contributed by atoms with Crippen LogP contribution in [-0.4, -0.2) is 60.0 Å². The molecule has 20 heavy (non-hydrogen) atoms. The van der Waals surface area contributed by atoms with Crippen LogP contribution in [0.2, 0.25) is 0 Å². The van der Waals surface area contributed by atoms with Gasteiger partial charge in [0.25, 0.3) is 0 Å². The first-order valence-electron chi connectivity index (χ1n) is 7.69. The third kappa shape index (κ3) is 6.53. The average molecular weight is 286 g/mol. The first-order valence-corrected chi connectivity index (χ1v) is 7.69. The molecule has 4 heteroatoms. The minimum absolute atomic E-state index is 0.0647. The standard InChI is InChI=1S/C16H34N2O2/c1-14(2,3)17-10-15(4,5)11-18-8-13(9-19)20-16(6,7)12-18/h13,17,19H,8-12H2,1-7H3. The first kappa shape index (κ1) is 17.9. The van der Waals surface area contributed by atoms with E-state index in [1.807, 2.05) is 0 Å². The number of rotatable bonds is 5. The molecule has 0 spiro atoms. The first-order chi connectivity index (χ1) is 8.92. The van der Waals surface area contributed by atoms with Crippen molar-refractivity contribution < 1.29 is 9.84 Å². The smallest absolute Gasteiger partial charge is 0.0940 e. The predicted octanol–water partition coefficient (Wildman–Crippen LogP) is 1.87. The van der Waals surface area contributed by atoms with Crippen molar-refractivity contribution in [3.05, 3.63) is 0 Å². The molecule has 0 saturated carbocycles. The van der Waals surface area contributed by atoms with E-state index in [0.717, 1.165) is 26.2 Å². The van der Waals surface area contributed by atoms with Gasteiger partial charge in [-0.1, -0.05) is 13.8 Å². The molecule has 2 N–H and O–H groups in total. The topological polar surface area (TPSA) is 44.7 Å². The predicted molar refractivity (Wildman–Crippen MR) is 84.0 cm³/mol. The maximum atomic E-state index is 9.39. The van der Waals surface area contributed by atoms with E-state index in [0.29, 0.717) is 0 Å². The van der Waals surface area contributed by atoms with Gasteiger partial charge in [-0.25, -0.2) is 0 Å². The maximum absolute atomic E-state index is 9.39. The molecule has 1 atom stereocenters. The Hall–Kier alpha value is -0.160. The van der Waals surface area contributed by atoms with Crippen LogP contribution >= 0.6 is 0 Å². The summed E-state index contributed by atoms with van der Waals surface area (Å²) in [5, 5.41) is 13.0. The maximum Gasteiger partial charge on any atom is 0.0940 e. The minimum Gasteiger partial charge on any atom is -0.394 e. The number of ether oxygens (including phenoxy) is 1. The fraction of sp³-hybridized carbons (Fsp3) is 1.00. The van der Waals surface area contributed by atoms with E-state index in [9.17, 15) is 5.11 Å². The molecular formula is C16H34N2O2. The molecule has 0 aromatic rings. The molecule has 0 bridgehead atoms. The van der Waals surface area contributed by atoms with Crippen molar-refractivity contribution in [2.75, 3.05) is 32.8 Å². The summed E-state index contributed by atoms with van der Waals surface area (Å²) in [6.45, 7) is 19.2. The third-order valence-corrected chi connectivity index (χ3v) is 3.50. The largest absolute Gasteiger partial charge is 0.394 e. The minimum atomic E-state index is -0.181. The Kier molecular flexibility index (Phi) is 5.64. The van der Waals surface area contributed by atoms with Crippen LogP contribution in [0.4, 0.5) is 0 Å². The molecule has 1 aliphatic rings. The molecule has 0 aliphatic carbocycles. The lowest BCUT2D eigenvalue weighted by Crippen LogP contribution is -2.56. The summed E-state index contributed by atoms with van der Waals surface area (Å²) in [6.07, 6.45) is -0.0647. The van der Waals surface area contributed by atoms with Gasteiger partial charge in [-0.05, 0) is 40.0 Å². The van der Waals surface area contributed by atoms with E-state index >= 15 is 0 Å². The second kappa shape index (κ2) is 6.30. The van der Waals surface area contributed by atoms with Crippen molar-refractivity contribution in [3.8, 4) is 0 Å². The molecule has 1 fully saturated rings. The zero-order valence-electron chi connectivity index (χ0n) is 14.4. The normalized spacial score (nSPS) is 24.9. The highest BCUT2D eigenvalue weighted by Gasteiger charge is 2.35. The summed E-state index contributed by atoms with van der Waals surface area (Å²) in [7, 11) is 0. The molecule has 4 nitrogen and oxygen atoms in total. The fourth-order valence-electron chi connectivity index (χ4n) is 2.80. The van der Waals surface area contributed by atoms with E-state index in [1.54, 1.807) is 0 Å². The van der Waals surface area contributed by atoms with Crippen molar-refractivity contribution in [1.29, 1.82) is 0 Å². The van der Waals surface area contributed by atoms with Gasteiger partial charge in [-0.2, -0.15) is 0 Å². The van der Waals surface area contributed by atoms with Gasteiger partial charge in [-0.15, -0.1) is 0 Å². The van der Waals surface area contributed by atoms with Crippen molar-refractivity contribution >= 4 is 0 Å². The molecule has 120 valence electrons. The van der Waals surface area contributed by atoms with Gasteiger partial charge in [0.2, 0.25) is 0 Å². The number of aliphatic hydroxyl groups is 1. The van der Waals surface area contributed by atoms with Gasteiger partial charge >= 0.3 is 0 Å². The highest BCUT2D eigenvalue weighted by Crippen LogP contribution is 2.25. The summed E-state index contributed by atoms with van der Waals surface area (Å²) in [5.41, 5.74) is 0.162. The van der Waals surface area contributed by atoms with Gasteiger partial charge < -0.3 is 15.2 Å². The van der Waals surface area contributed by atoms with E-state index in [1.165, 1.54) is 0 Å². The second-order valence-corrected chi connectivity index (χ2v) is 8.62. The summed E-state index contributed by atoms with van der Waals surface area (Å²) in [6, 6.07) is 0. The summed E-state index contributed by atoms with van der Waals surface area (Å²) < 4.78 is 5.87. The molecule has 0 aromatic carbocycles. The molecule has 1 saturated heterocycles. The zero-order valence-corrected chi connectivity index (χ0v) is 14.4. The van der Waals surface area contributed by atoms with Gasteiger partial charge in [0.15, 0.2) is 0 Å². The quantitative estimate of drug-likeness (QED) is 0.810. The molecule has 1 rings (SSSR count). The fourth-order valence-corrected chi connectivity index (χ4v) is 2.80. The van der Waals surface area contributed by atoms with E-state index < -0.39 is 0 Å². The van der Waals surface area contributed by atoms with Gasteiger partial charge in [-0.3, -0.25) is 4.90 Å². The van der Waals surface area contributed by atoms with Crippen LogP contribution in [0.3, 0.4) is 0 Å². The van der Waals surface area contributed by atoms with Crippen LogP contribution in [0.5, 0.6) is 0 Å². The van der Waals surface area contributed by atoms with Crippen LogP contribution in [0.25, 0.3) is 0 Å². The zero-order chi connectivity index (χ0) is 15.6. The number of morpholine rings is 1. The Bertz CT molecular complexity index is 308. The lowest BCUT2D eigenvalue weighted by Gasteiger charge is -2.45. The summed E-state index contributed by atoms with van der Waals surface area (Å²) in [5.74, 6) is 0. The molecule has 1 aliphatic heterocycles. The molecular weight excluding hydrogens is 252 g/mol. The third-order valence-electron chi connectivity index (χ3n) is 3.50. The van der Waals surface area contributed by atoms with Gasteiger partial charge in [0.1, 0.15) is 0 Å². The number of nitrogens with zero attached hydrogens (tertiary/aromatic N) is 1. The van der Waals surface area contributed by atoms with E-state index in [2.05, 4.69) is 58.7 Å². The number of hydrogen-bond acceptors (Lipinski definition) is 4. The Morgan fingerprint density at radius 1 is 1.25 bits per heavy atom. The van der Waals surface area contributed by atoms with Gasteiger partial charge in [0.05, 0.1) is 18.3 Å². The van der Waals surface area contributed by atoms with Crippen LogP contribution in [0.1, 0.15) is 48.5 Å². The van der Waals surface area contributed by atoms with Crippen molar-refractivity contribution in [1.82, 2.24) is 10.2 Å². The van der Waals surface area contributed by atoms with Crippen molar-refractivity contribution in [2.45, 2.75) is 65.7 Å².